The van der Waals surface area contributed by atoms with Gasteiger partial charge in [-0.15, -0.1) is 0 Å². The van der Waals surface area contributed by atoms with Crippen molar-refractivity contribution in [2.75, 3.05) is 7.11 Å². The second-order valence-corrected chi connectivity index (χ2v) is 7.14. The van der Waals surface area contributed by atoms with Gasteiger partial charge in [-0.1, -0.05) is 69.0 Å². The molecule has 130 valence electrons. The van der Waals surface area contributed by atoms with Crippen molar-refractivity contribution in [3.8, 4) is 22.9 Å². The highest BCUT2D eigenvalue weighted by atomic mass is 16.5. The van der Waals surface area contributed by atoms with E-state index in [1.807, 2.05) is 12.1 Å². The van der Waals surface area contributed by atoms with E-state index in [0.717, 1.165) is 12.2 Å². The average molecular weight is 333 g/mol. The second-order valence-electron chi connectivity index (χ2n) is 7.14. The lowest BCUT2D eigenvalue weighted by Gasteiger charge is -2.11. The van der Waals surface area contributed by atoms with Gasteiger partial charge in [0.1, 0.15) is 5.75 Å². The van der Waals surface area contributed by atoms with Crippen molar-refractivity contribution in [2.45, 2.75) is 50.9 Å². The molecule has 0 amide bonds. The molecule has 1 aliphatic rings. The van der Waals surface area contributed by atoms with E-state index >= 15 is 0 Å². The highest BCUT2D eigenvalue weighted by Crippen LogP contribution is 2.56. The molecule has 2 heteroatoms. The molecule has 0 saturated heterocycles. The Balaban J connectivity index is 1.68. The molecule has 25 heavy (non-hydrogen) atoms. The van der Waals surface area contributed by atoms with Gasteiger partial charge in [0.05, 0.1) is 18.6 Å². The molecule has 0 N–H and O–H groups in total. The zero-order valence-corrected chi connectivity index (χ0v) is 15.3. The zero-order valence-electron chi connectivity index (χ0n) is 15.3. The smallest absolute Gasteiger partial charge is 0.118 e. The van der Waals surface area contributed by atoms with Crippen LogP contribution in [0.15, 0.2) is 48.5 Å². The van der Waals surface area contributed by atoms with E-state index in [-0.39, 0.29) is 5.41 Å². The van der Waals surface area contributed by atoms with Crippen LogP contribution in [0.4, 0.5) is 0 Å². The Morgan fingerprint density at radius 2 is 1.64 bits per heavy atom. The number of ether oxygens (including phenoxy) is 1. The number of hydrogen-bond donors (Lipinski definition) is 0. The lowest BCUT2D eigenvalue weighted by molar-refractivity contribution is 0.415. The molecule has 0 aromatic heterocycles. The fourth-order valence-electron chi connectivity index (χ4n) is 3.79. The monoisotopic (exact) mass is 333 g/mol. The van der Waals surface area contributed by atoms with Crippen LogP contribution < -0.4 is 4.74 Å². The summed E-state index contributed by atoms with van der Waals surface area (Å²) in [5, 5.41) is 9.76. The minimum atomic E-state index is -0.231. The molecule has 0 heterocycles. The maximum absolute atomic E-state index is 9.76. The average Bonchev–Trinajstić information content (AvgIpc) is 3.40. The zero-order chi connectivity index (χ0) is 17.7. The normalized spacial score (nSPS) is 21.6. The summed E-state index contributed by atoms with van der Waals surface area (Å²) in [7, 11) is 1.68. The fraction of sp³-hybridized carbons (Fsp3) is 0.435. The molecular weight excluding hydrogens is 306 g/mol. The third kappa shape index (κ3) is 3.71. The van der Waals surface area contributed by atoms with Crippen molar-refractivity contribution < 1.29 is 4.74 Å². The van der Waals surface area contributed by atoms with Crippen molar-refractivity contribution in [3.63, 3.8) is 0 Å². The molecule has 0 radical (unpaired) electrons. The highest BCUT2D eigenvalue weighted by molar-refractivity contribution is 5.65. The van der Waals surface area contributed by atoms with Gasteiger partial charge in [-0.2, -0.15) is 5.26 Å². The van der Waals surface area contributed by atoms with Crippen LogP contribution in [0, 0.1) is 17.2 Å². The maximum atomic E-state index is 9.76. The summed E-state index contributed by atoms with van der Waals surface area (Å²) in [4.78, 5) is 0. The van der Waals surface area contributed by atoms with Gasteiger partial charge in [0.25, 0.3) is 0 Å². The molecule has 2 aromatic carbocycles. The van der Waals surface area contributed by atoms with E-state index in [9.17, 15) is 5.26 Å². The molecule has 2 nitrogen and oxygen atoms in total. The Morgan fingerprint density at radius 3 is 2.20 bits per heavy atom. The van der Waals surface area contributed by atoms with Crippen molar-refractivity contribution in [1.82, 2.24) is 0 Å². The largest absolute Gasteiger partial charge is 0.497 e. The Kier molecular flexibility index (Phi) is 5.43. The molecule has 1 aliphatic carbocycles. The minimum absolute atomic E-state index is 0.231. The molecule has 1 saturated carbocycles. The van der Waals surface area contributed by atoms with Crippen LogP contribution in [-0.4, -0.2) is 7.11 Å². The van der Waals surface area contributed by atoms with Gasteiger partial charge in [0, 0.05) is 0 Å². The Bertz CT molecular complexity index is 726. The Hall–Kier alpha value is -2.27. The third-order valence-electron chi connectivity index (χ3n) is 5.53. The topological polar surface area (TPSA) is 33.0 Å². The minimum Gasteiger partial charge on any atom is -0.497 e. The first kappa shape index (κ1) is 17.5. The predicted octanol–water partition coefficient (Wildman–Crippen LogP) is 6.11. The molecule has 2 atom stereocenters. The summed E-state index contributed by atoms with van der Waals surface area (Å²) in [5.74, 6) is 1.41. The van der Waals surface area contributed by atoms with E-state index in [4.69, 9.17) is 4.74 Å². The van der Waals surface area contributed by atoms with E-state index in [1.165, 1.54) is 48.8 Å². The summed E-state index contributed by atoms with van der Waals surface area (Å²) in [6.07, 6.45) is 7.34. The molecule has 3 rings (SSSR count). The summed E-state index contributed by atoms with van der Waals surface area (Å²) in [6, 6.07) is 19.3. The molecular formula is C23H27NO. The number of methoxy groups -OCH3 is 1. The lowest BCUT2D eigenvalue weighted by atomic mass is 9.91. The van der Waals surface area contributed by atoms with Crippen molar-refractivity contribution in [3.05, 3.63) is 54.1 Å². The molecule has 0 aliphatic heterocycles. The standard InChI is InChI=1S/C23H27NO/c1-3-4-5-6-7-21-16-23(21,17-24)20-12-8-18(9-13-20)19-10-14-22(25-2)15-11-19/h8-15,21H,3-7,16H2,1-2H3/t21-,23-/m0/s1. The molecule has 0 unspecified atom stereocenters. The van der Waals surface area contributed by atoms with Crippen LogP contribution in [-0.2, 0) is 5.41 Å². The number of nitrogens with zero attached hydrogens (tertiary/aromatic N) is 1. The predicted molar refractivity (Wildman–Crippen MR) is 103 cm³/mol. The summed E-state index contributed by atoms with van der Waals surface area (Å²) >= 11 is 0. The first-order valence-corrected chi connectivity index (χ1v) is 9.39. The van der Waals surface area contributed by atoms with Gasteiger partial charge < -0.3 is 4.74 Å². The quantitative estimate of drug-likeness (QED) is 0.546. The molecule has 1 fully saturated rings. The Labute approximate surface area is 151 Å². The fourth-order valence-corrected chi connectivity index (χ4v) is 3.79. The van der Waals surface area contributed by atoms with Gasteiger partial charge in [-0.25, -0.2) is 0 Å². The lowest BCUT2D eigenvalue weighted by Crippen LogP contribution is -2.07. The van der Waals surface area contributed by atoms with Crippen LogP contribution >= 0.6 is 0 Å². The number of benzene rings is 2. The maximum Gasteiger partial charge on any atom is 0.118 e. The number of rotatable bonds is 8. The van der Waals surface area contributed by atoms with E-state index < -0.39 is 0 Å². The van der Waals surface area contributed by atoms with Gasteiger partial charge in [0.2, 0.25) is 0 Å². The van der Waals surface area contributed by atoms with Gasteiger partial charge in [-0.3, -0.25) is 0 Å². The van der Waals surface area contributed by atoms with Crippen molar-refractivity contribution >= 4 is 0 Å². The highest BCUT2D eigenvalue weighted by Gasteiger charge is 2.55. The first-order chi connectivity index (χ1) is 12.2. The van der Waals surface area contributed by atoms with Gasteiger partial charge in [-0.05, 0) is 47.6 Å². The SMILES string of the molecule is CCCCCC[C@H]1C[C@]1(C#N)c1ccc(-c2ccc(OC)cc2)cc1. The summed E-state index contributed by atoms with van der Waals surface area (Å²) in [6.45, 7) is 2.24. The van der Waals surface area contributed by atoms with E-state index in [2.05, 4.69) is 49.4 Å². The van der Waals surface area contributed by atoms with E-state index in [1.54, 1.807) is 7.11 Å². The third-order valence-corrected chi connectivity index (χ3v) is 5.53. The number of hydrogen-bond acceptors (Lipinski definition) is 2. The number of nitriles is 1. The van der Waals surface area contributed by atoms with Crippen LogP contribution in [0.5, 0.6) is 5.75 Å². The van der Waals surface area contributed by atoms with Crippen molar-refractivity contribution in [2.24, 2.45) is 5.92 Å². The van der Waals surface area contributed by atoms with Gasteiger partial charge in [0.15, 0.2) is 0 Å². The van der Waals surface area contributed by atoms with E-state index in [0.29, 0.717) is 5.92 Å². The molecule has 2 aromatic rings. The molecule has 0 spiro atoms. The van der Waals surface area contributed by atoms with Crippen LogP contribution in [0.25, 0.3) is 11.1 Å². The van der Waals surface area contributed by atoms with Crippen LogP contribution in [0.2, 0.25) is 0 Å². The Morgan fingerprint density at radius 1 is 1.00 bits per heavy atom. The number of unbranched alkanes of at least 4 members (excludes halogenated alkanes) is 3. The van der Waals surface area contributed by atoms with Gasteiger partial charge >= 0.3 is 0 Å². The van der Waals surface area contributed by atoms with Crippen LogP contribution in [0.3, 0.4) is 0 Å². The summed E-state index contributed by atoms with van der Waals surface area (Å²) in [5.41, 5.74) is 3.31. The molecule has 0 bridgehead atoms. The van der Waals surface area contributed by atoms with Crippen molar-refractivity contribution in [1.29, 1.82) is 5.26 Å². The second kappa shape index (κ2) is 7.74. The summed E-state index contributed by atoms with van der Waals surface area (Å²) < 4.78 is 5.21. The van der Waals surface area contributed by atoms with Crippen LogP contribution in [0.1, 0.15) is 51.0 Å². The first-order valence-electron chi connectivity index (χ1n) is 9.39.